The van der Waals surface area contributed by atoms with E-state index >= 15 is 0 Å². The van der Waals surface area contributed by atoms with Gasteiger partial charge in [0.1, 0.15) is 22.6 Å². The summed E-state index contributed by atoms with van der Waals surface area (Å²) in [5.74, 6) is -1.23. The van der Waals surface area contributed by atoms with Crippen LogP contribution in [-0.2, 0) is 10.0 Å². The largest absolute Gasteiger partial charge is 0.386 e. The molecule has 0 aliphatic carbocycles. The molecule has 0 saturated carbocycles. The summed E-state index contributed by atoms with van der Waals surface area (Å²) in [7, 11) is -4.13. The lowest BCUT2D eigenvalue weighted by atomic mass is 10.1. The predicted molar refractivity (Wildman–Crippen MR) is 77.8 cm³/mol. The molecule has 1 atom stereocenters. The minimum absolute atomic E-state index is 0.374. The van der Waals surface area contributed by atoms with Crippen LogP contribution in [0.4, 0.5) is 4.39 Å². The van der Waals surface area contributed by atoms with Crippen LogP contribution in [0.3, 0.4) is 0 Å². The summed E-state index contributed by atoms with van der Waals surface area (Å²) in [6.45, 7) is 0. The third-order valence-electron chi connectivity index (χ3n) is 2.84. The summed E-state index contributed by atoms with van der Waals surface area (Å²) in [4.78, 5) is -0.479. The first-order valence-corrected chi connectivity index (χ1v) is 7.56. The summed E-state index contributed by atoms with van der Waals surface area (Å²) in [5.41, 5.74) is 5.96. The molecule has 0 heterocycles. The first-order valence-electron chi connectivity index (χ1n) is 6.07. The Hall–Kier alpha value is -2.25. The van der Waals surface area contributed by atoms with Gasteiger partial charge in [-0.25, -0.2) is 12.8 Å². The number of sulfonamides is 1. The van der Waals surface area contributed by atoms with Crippen LogP contribution in [0.25, 0.3) is 0 Å². The monoisotopic (exact) mass is 307 g/mol. The SMILES string of the molecule is N=C(N)C(NS(=O)(=O)c1ccccc1F)c1ccccc1. The van der Waals surface area contributed by atoms with E-state index in [-0.39, 0.29) is 5.84 Å². The minimum atomic E-state index is -4.13. The number of hydrogen-bond acceptors (Lipinski definition) is 3. The zero-order chi connectivity index (χ0) is 15.5. The quantitative estimate of drug-likeness (QED) is 0.580. The number of rotatable bonds is 5. The number of hydrogen-bond donors (Lipinski definition) is 3. The molecule has 2 aromatic carbocycles. The van der Waals surface area contributed by atoms with E-state index in [1.807, 2.05) is 0 Å². The van der Waals surface area contributed by atoms with Crippen LogP contribution < -0.4 is 10.5 Å². The van der Waals surface area contributed by atoms with Crippen molar-refractivity contribution in [3.8, 4) is 0 Å². The van der Waals surface area contributed by atoms with Gasteiger partial charge in [0.05, 0.1) is 0 Å². The highest BCUT2D eigenvalue weighted by molar-refractivity contribution is 7.89. The molecule has 1 unspecified atom stereocenters. The third kappa shape index (κ3) is 3.45. The van der Waals surface area contributed by atoms with Crippen molar-refractivity contribution >= 4 is 15.9 Å². The lowest BCUT2D eigenvalue weighted by Crippen LogP contribution is -2.37. The molecular formula is C14H14FN3O2S. The third-order valence-corrected chi connectivity index (χ3v) is 4.30. The van der Waals surface area contributed by atoms with Crippen LogP contribution >= 0.6 is 0 Å². The van der Waals surface area contributed by atoms with Gasteiger partial charge in [-0.1, -0.05) is 42.5 Å². The molecule has 0 saturated heterocycles. The van der Waals surface area contributed by atoms with E-state index in [0.717, 1.165) is 12.1 Å². The molecule has 0 radical (unpaired) electrons. The van der Waals surface area contributed by atoms with Crippen molar-refractivity contribution in [1.29, 1.82) is 5.41 Å². The molecule has 110 valence electrons. The van der Waals surface area contributed by atoms with E-state index in [1.54, 1.807) is 30.3 Å². The van der Waals surface area contributed by atoms with Crippen molar-refractivity contribution in [2.24, 2.45) is 5.73 Å². The molecule has 0 aliphatic heterocycles. The molecule has 2 rings (SSSR count). The van der Waals surface area contributed by atoms with Crippen LogP contribution in [0, 0.1) is 11.2 Å². The van der Waals surface area contributed by atoms with Crippen LogP contribution in [0.5, 0.6) is 0 Å². The van der Waals surface area contributed by atoms with Gasteiger partial charge in [0.15, 0.2) is 0 Å². The molecule has 4 N–H and O–H groups in total. The van der Waals surface area contributed by atoms with Crippen LogP contribution in [0.2, 0.25) is 0 Å². The molecular weight excluding hydrogens is 293 g/mol. The number of halogens is 1. The zero-order valence-electron chi connectivity index (χ0n) is 11.0. The maximum atomic E-state index is 13.6. The van der Waals surface area contributed by atoms with Crippen molar-refractivity contribution in [3.63, 3.8) is 0 Å². The topological polar surface area (TPSA) is 96.0 Å². The Bertz CT molecular complexity index is 748. The van der Waals surface area contributed by atoms with Crippen molar-refractivity contribution in [3.05, 3.63) is 66.0 Å². The number of amidine groups is 1. The van der Waals surface area contributed by atoms with Crippen molar-refractivity contribution in [2.45, 2.75) is 10.9 Å². The Morgan fingerprint density at radius 2 is 1.67 bits per heavy atom. The average molecular weight is 307 g/mol. The van der Waals surface area contributed by atoms with Gasteiger partial charge in [0.25, 0.3) is 0 Å². The summed E-state index contributed by atoms with van der Waals surface area (Å²) in [6.07, 6.45) is 0. The fraction of sp³-hybridized carbons (Fsp3) is 0.0714. The van der Waals surface area contributed by atoms with Gasteiger partial charge in [-0.3, -0.25) is 5.41 Å². The van der Waals surface area contributed by atoms with Crippen LogP contribution in [0.1, 0.15) is 11.6 Å². The predicted octanol–water partition coefficient (Wildman–Crippen LogP) is 1.78. The van der Waals surface area contributed by atoms with E-state index < -0.39 is 26.8 Å². The van der Waals surface area contributed by atoms with E-state index in [2.05, 4.69) is 4.72 Å². The maximum Gasteiger partial charge on any atom is 0.244 e. The van der Waals surface area contributed by atoms with Gasteiger partial charge in [-0.2, -0.15) is 4.72 Å². The van der Waals surface area contributed by atoms with Gasteiger partial charge >= 0.3 is 0 Å². The highest BCUT2D eigenvalue weighted by atomic mass is 32.2. The highest BCUT2D eigenvalue weighted by Gasteiger charge is 2.25. The van der Waals surface area contributed by atoms with Gasteiger partial charge in [-0.15, -0.1) is 0 Å². The van der Waals surface area contributed by atoms with Crippen LogP contribution in [-0.4, -0.2) is 14.3 Å². The molecule has 2 aromatic rings. The van der Waals surface area contributed by atoms with E-state index in [4.69, 9.17) is 11.1 Å². The second-order valence-electron chi connectivity index (χ2n) is 4.35. The standard InChI is InChI=1S/C14H14FN3O2S/c15-11-8-4-5-9-12(11)21(19,20)18-13(14(16)17)10-6-2-1-3-7-10/h1-9,13,18H,(H3,16,17). The lowest BCUT2D eigenvalue weighted by Gasteiger charge is -2.18. The Labute approximate surface area is 122 Å². The lowest BCUT2D eigenvalue weighted by molar-refractivity contribution is 0.553. The number of nitrogens with one attached hydrogen (secondary N) is 2. The molecule has 0 spiro atoms. The summed E-state index contributed by atoms with van der Waals surface area (Å²) < 4.78 is 40.4. The average Bonchev–Trinajstić information content (AvgIpc) is 2.46. The summed E-state index contributed by atoms with van der Waals surface area (Å²) in [5, 5.41) is 7.54. The number of nitrogens with two attached hydrogens (primary N) is 1. The highest BCUT2D eigenvalue weighted by Crippen LogP contribution is 2.19. The van der Waals surface area contributed by atoms with Gasteiger partial charge in [0.2, 0.25) is 10.0 Å². The van der Waals surface area contributed by atoms with E-state index in [1.165, 1.54) is 12.1 Å². The second kappa shape index (κ2) is 6.02. The zero-order valence-corrected chi connectivity index (χ0v) is 11.8. The normalized spacial score (nSPS) is 12.8. The molecule has 0 bridgehead atoms. The fourth-order valence-electron chi connectivity index (χ4n) is 1.84. The van der Waals surface area contributed by atoms with E-state index in [0.29, 0.717) is 5.56 Å². The molecule has 21 heavy (non-hydrogen) atoms. The molecule has 0 aromatic heterocycles. The molecule has 0 amide bonds. The molecule has 7 heteroatoms. The molecule has 0 fully saturated rings. The smallest absolute Gasteiger partial charge is 0.244 e. The first-order chi connectivity index (χ1) is 9.92. The first kappa shape index (κ1) is 15.1. The Morgan fingerprint density at radius 3 is 2.24 bits per heavy atom. The Kier molecular flexibility index (Phi) is 4.35. The summed E-state index contributed by atoms with van der Waals surface area (Å²) >= 11 is 0. The van der Waals surface area contributed by atoms with Gasteiger partial charge in [0, 0.05) is 0 Å². The van der Waals surface area contributed by atoms with Crippen molar-refractivity contribution < 1.29 is 12.8 Å². The molecule has 5 nitrogen and oxygen atoms in total. The van der Waals surface area contributed by atoms with Crippen molar-refractivity contribution in [1.82, 2.24) is 4.72 Å². The number of benzene rings is 2. The van der Waals surface area contributed by atoms with Gasteiger partial charge < -0.3 is 5.73 Å². The van der Waals surface area contributed by atoms with E-state index in [9.17, 15) is 12.8 Å². The second-order valence-corrected chi connectivity index (χ2v) is 6.03. The minimum Gasteiger partial charge on any atom is -0.386 e. The Morgan fingerprint density at radius 1 is 1.10 bits per heavy atom. The van der Waals surface area contributed by atoms with Crippen molar-refractivity contribution in [2.75, 3.05) is 0 Å². The summed E-state index contributed by atoms with van der Waals surface area (Å²) in [6, 6.07) is 12.4. The van der Waals surface area contributed by atoms with Gasteiger partial charge in [-0.05, 0) is 17.7 Å². The van der Waals surface area contributed by atoms with Crippen LogP contribution in [0.15, 0.2) is 59.5 Å². The Balaban J connectivity index is 2.38. The fourth-order valence-corrected chi connectivity index (χ4v) is 3.12. The maximum absolute atomic E-state index is 13.6. The molecule has 0 aliphatic rings.